The molecule has 0 bridgehead atoms. The van der Waals surface area contributed by atoms with Crippen molar-refractivity contribution in [2.24, 2.45) is 0 Å². The van der Waals surface area contributed by atoms with Crippen molar-refractivity contribution in [3.63, 3.8) is 0 Å². The normalized spacial score (nSPS) is 17.2. The Balaban J connectivity index is 1.93. The number of ether oxygens (including phenoxy) is 1. The van der Waals surface area contributed by atoms with E-state index >= 15 is 0 Å². The Labute approximate surface area is 131 Å². The van der Waals surface area contributed by atoms with Crippen molar-refractivity contribution in [2.45, 2.75) is 58.6 Å². The van der Waals surface area contributed by atoms with Crippen molar-refractivity contribution in [3.05, 3.63) is 18.2 Å². The lowest BCUT2D eigenvalue weighted by molar-refractivity contribution is -0.139. The van der Waals surface area contributed by atoms with Crippen molar-refractivity contribution >= 4 is 11.9 Å². The summed E-state index contributed by atoms with van der Waals surface area (Å²) in [6, 6.07) is 0.227. The van der Waals surface area contributed by atoms with Crippen LogP contribution in [0.2, 0.25) is 0 Å². The van der Waals surface area contributed by atoms with Crippen molar-refractivity contribution in [1.82, 2.24) is 14.5 Å². The van der Waals surface area contributed by atoms with Gasteiger partial charge in [0.15, 0.2) is 11.8 Å². The van der Waals surface area contributed by atoms with Gasteiger partial charge in [0, 0.05) is 25.3 Å². The van der Waals surface area contributed by atoms with E-state index in [0.717, 1.165) is 38.8 Å². The fourth-order valence-corrected chi connectivity index (χ4v) is 2.54. The lowest BCUT2D eigenvalue weighted by Crippen LogP contribution is -2.40. The Morgan fingerprint density at radius 2 is 1.77 bits per heavy atom. The standard InChI is InChI=1S/C16H25N3O3/c1-12(2)19-10-14(17-11-19)16(21)22-13(3)15(20)18-8-6-4-5-7-9-18/h10-13H,4-9H2,1-3H3/t13-/m1/s1. The summed E-state index contributed by atoms with van der Waals surface area (Å²) in [6.07, 6.45) is 6.83. The number of imidazole rings is 1. The first kappa shape index (κ1) is 16.5. The highest BCUT2D eigenvalue weighted by Gasteiger charge is 2.25. The van der Waals surface area contributed by atoms with Gasteiger partial charge in [-0.25, -0.2) is 9.78 Å². The summed E-state index contributed by atoms with van der Waals surface area (Å²) in [5.41, 5.74) is 0.240. The molecule has 0 radical (unpaired) electrons. The van der Waals surface area contributed by atoms with Gasteiger partial charge in [0.2, 0.25) is 0 Å². The van der Waals surface area contributed by atoms with Crippen LogP contribution in [0.5, 0.6) is 0 Å². The molecule has 1 amide bonds. The molecule has 0 saturated carbocycles. The quantitative estimate of drug-likeness (QED) is 0.801. The fourth-order valence-electron chi connectivity index (χ4n) is 2.54. The van der Waals surface area contributed by atoms with Crippen LogP contribution in [0.3, 0.4) is 0 Å². The SMILES string of the molecule is CC(C)n1cnc(C(=O)O[C@H](C)C(=O)N2CCCCCC2)c1. The van der Waals surface area contributed by atoms with Crippen LogP contribution in [0, 0.1) is 0 Å². The number of hydrogen-bond donors (Lipinski definition) is 0. The predicted octanol–water partition coefficient (Wildman–Crippen LogP) is 2.41. The number of nitrogens with zero attached hydrogens (tertiary/aromatic N) is 3. The van der Waals surface area contributed by atoms with E-state index in [1.165, 1.54) is 0 Å². The molecule has 0 aliphatic carbocycles. The molecule has 1 aliphatic heterocycles. The van der Waals surface area contributed by atoms with Crippen LogP contribution in [0.1, 0.15) is 63.0 Å². The number of carbonyl (C=O) groups excluding carboxylic acids is 2. The van der Waals surface area contributed by atoms with E-state index < -0.39 is 12.1 Å². The molecule has 122 valence electrons. The molecule has 2 heterocycles. The first-order chi connectivity index (χ1) is 10.5. The van der Waals surface area contributed by atoms with Gasteiger partial charge in [0.1, 0.15) is 0 Å². The van der Waals surface area contributed by atoms with Gasteiger partial charge >= 0.3 is 5.97 Å². The molecule has 6 nitrogen and oxygen atoms in total. The Hall–Kier alpha value is -1.85. The van der Waals surface area contributed by atoms with Crippen LogP contribution in [-0.2, 0) is 9.53 Å². The van der Waals surface area contributed by atoms with Crippen LogP contribution >= 0.6 is 0 Å². The molecule has 0 aromatic carbocycles. The van der Waals surface area contributed by atoms with E-state index in [9.17, 15) is 9.59 Å². The second kappa shape index (κ2) is 7.42. The highest BCUT2D eigenvalue weighted by Crippen LogP contribution is 2.13. The van der Waals surface area contributed by atoms with Crippen LogP contribution in [0.15, 0.2) is 12.5 Å². The van der Waals surface area contributed by atoms with Gasteiger partial charge in [-0.2, -0.15) is 0 Å². The minimum Gasteiger partial charge on any atom is -0.448 e. The molecule has 2 rings (SSSR count). The molecule has 1 fully saturated rings. The minimum atomic E-state index is -0.769. The summed E-state index contributed by atoms with van der Waals surface area (Å²) in [5.74, 6) is -0.659. The van der Waals surface area contributed by atoms with Crippen molar-refractivity contribution < 1.29 is 14.3 Å². The molecular weight excluding hydrogens is 282 g/mol. The zero-order valence-electron chi connectivity index (χ0n) is 13.6. The Morgan fingerprint density at radius 1 is 1.14 bits per heavy atom. The summed E-state index contributed by atoms with van der Waals surface area (Å²) in [7, 11) is 0. The zero-order valence-corrected chi connectivity index (χ0v) is 13.6. The van der Waals surface area contributed by atoms with E-state index in [1.54, 1.807) is 24.3 Å². The smallest absolute Gasteiger partial charge is 0.359 e. The second-order valence-corrected chi connectivity index (χ2v) is 6.09. The highest BCUT2D eigenvalue weighted by atomic mass is 16.5. The topological polar surface area (TPSA) is 64.4 Å². The third kappa shape index (κ3) is 4.08. The minimum absolute atomic E-state index is 0.112. The maximum Gasteiger partial charge on any atom is 0.359 e. The lowest BCUT2D eigenvalue weighted by atomic mass is 10.2. The van der Waals surface area contributed by atoms with Gasteiger partial charge in [-0.1, -0.05) is 12.8 Å². The number of amides is 1. The molecule has 1 aromatic heterocycles. The maximum absolute atomic E-state index is 12.4. The Bertz CT molecular complexity index is 516. The summed E-state index contributed by atoms with van der Waals surface area (Å²) in [5, 5.41) is 0. The third-order valence-corrected chi connectivity index (χ3v) is 3.96. The molecule has 0 N–H and O–H groups in total. The number of carbonyl (C=O) groups is 2. The molecule has 1 aliphatic rings. The number of aromatic nitrogens is 2. The van der Waals surface area contributed by atoms with Crippen LogP contribution in [0.25, 0.3) is 0 Å². The molecule has 6 heteroatoms. The third-order valence-electron chi connectivity index (χ3n) is 3.96. The number of esters is 1. The molecule has 0 spiro atoms. The second-order valence-electron chi connectivity index (χ2n) is 6.09. The van der Waals surface area contributed by atoms with Crippen molar-refractivity contribution in [1.29, 1.82) is 0 Å². The Kier molecular flexibility index (Phi) is 5.57. The van der Waals surface area contributed by atoms with E-state index in [1.807, 2.05) is 18.4 Å². The molecule has 1 aromatic rings. The molecule has 1 atom stereocenters. The maximum atomic E-state index is 12.4. The van der Waals surface area contributed by atoms with E-state index in [0.29, 0.717) is 0 Å². The number of hydrogen-bond acceptors (Lipinski definition) is 4. The average molecular weight is 307 g/mol. The van der Waals surface area contributed by atoms with E-state index in [4.69, 9.17) is 4.74 Å². The first-order valence-corrected chi connectivity index (χ1v) is 8.02. The number of rotatable bonds is 4. The van der Waals surface area contributed by atoms with Crippen molar-refractivity contribution in [3.8, 4) is 0 Å². The van der Waals surface area contributed by atoms with E-state index in [2.05, 4.69) is 4.98 Å². The lowest BCUT2D eigenvalue weighted by Gasteiger charge is -2.23. The fraction of sp³-hybridized carbons (Fsp3) is 0.688. The van der Waals surface area contributed by atoms with Crippen LogP contribution in [0.4, 0.5) is 0 Å². The molecule has 1 saturated heterocycles. The van der Waals surface area contributed by atoms with Gasteiger partial charge in [-0.3, -0.25) is 4.79 Å². The average Bonchev–Trinajstić information content (AvgIpc) is 2.83. The summed E-state index contributed by atoms with van der Waals surface area (Å²) in [6.45, 7) is 7.14. The monoisotopic (exact) mass is 307 g/mol. The number of likely N-dealkylation sites (tertiary alicyclic amines) is 1. The summed E-state index contributed by atoms with van der Waals surface area (Å²) < 4.78 is 7.11. The molecule has 0 unspecified atom stereocenters. The van der Waals surface area contributed by atoms with Gasteiger partial charge in [0.25, 0.3) is 5.91 Å². The molecular formula is C16H25N3O3. The van der Waals surface area contributed by atoms with Gasteiger partial charge in [-0.05, 0) is 33.6 Å². The molecule has 22 heavy (non-hydrogen) atoms. The van der Waals surface area contributed by atoms with Crippen molar-refractivity contribution in [2.75, 3.05) is 13.1 Å². The summed E-state index contributed by atoms with van der Waals surface area (Å²) in [4.78, 5) is 30.3. The highest BCUT2D eigenvalue weighted by molar-refractivity contribution is 5.90. The Morgan fingerprint density at radius 3 is 2.32 bits per heavy atom. The van der Waals surface area contributed by atoms with Gasteiger partial charge < -0.3 is 14.2 Å². The predicted molar refractivity (Wildman–Crippen MR) is 82.5 cm³/mol. The van der Waals surface area contributed by atoms with Gasteiger partial charge in [0.05, 0.1) is 6.33 Å². The van der Waals surface area contributed by atoms with Gasteiger partial charge in [-0.15, -0.1) is 0 Å². The van der Waals surface area contributed by atoms with E-state index in [-0.39, 0.29) is 17.6 Å². The zero-order chi connectivity index (χ0) is 16.1. The first-order valence-electron chi connectivity index (χ1n) is 8.02. The van der Waals surface area contributed by atoms with Crippen LogP contribution in [-0.4, -0.2) is 45.5 Å². The van der Waals surface area contributed by atoms with Crippen LogP contribution < -0.4 is 0 Å². The summed E-state index contributed by atoms with van der Waals surface area (Å²) >= 11 is 0. The largest absolute Gasteiger partial charge is 0.448 e.